The maximum absolute atomic E-state index is 12.8. The zero-order valence-electron chi connectivity index (χ0n) is 17.4. The van der Waals surface area contributed by atoms with Gasteiger partial charge < -0.3 is 5.73 Å². The van der Waals surface area contributed by atoms with Gasteiger partial charge in [0.25, 0.3) is 5.56 Å². The van der Waals surface area contributed by atoms with Gasteiger partial charge in [0.2, 0.25) is 0 Å². The zero-order valence-corrected chi connectivity index (χ0v) is 17.4. The number of aryl methyl sites for hydroxylation is 1. The van der Waals surface area contributed by atoms with Crippen molar-refractivity contribution in [3.05, 3.63) is 61.8 Å². The summed E-state index contributed by atoms with van der Waals surface area (Å²) in [6, 6.07) is 8.22. The van der Waals surface area contributed by atoms with Gasteiger partial charge in [0.05, 0.1) is 6.54 Å². The normalized spacial score (nSPS) is 11.4. The van der Waals surface area contributed by atoms with Crippen LogP contribution in [-0.2, 0) is 26.6 Å². The number of benzene rings is 1. The van der Waals surface area contributed by atoms with Gasteiger partial charge in [-0.3, -0.25) is 23.6 Å². The molecule has 0 amide bonds. The fourth-order valence-electron chi connectivity index (χ4n) is 3.16. The van der Waals surface area contributed by atoms with Crippen LogP contribution in [0, 0.1) is 5.92 Å². The average Bonchev–Trinajstić information content (AvgIpc) is 2.64. The second-order valence-corrected chi connectivity index (χ2v) is 7.68. The van der Waals surface area contributed by atoms with Crippen molar-refractivity contribution in [2.45, 2.75) is 40.3 Å². The number of nitrogens with zero attached hydrogens (tertiary/aromatic N) is 3. The highest BCUT2D eigenvalue weighted by molar-refractivity contribution is 6.01. The van der Waals surface area contributed by atoms with E-state index in [1.807, 2.05) is 37.9 Å². The Morgan fingerprint density at radius 2 is 1.71 bits per heavy atom. The molecule has 0 aliphatic carbocycles. The number of carbonyl (C=O) groups is 1. The second-order valence-electron chi connectivity index (χ2n) is 7.68. The molecular weight excluding hydrogens is 356 g/mol. The first-order valence-electron chi connectivity index (χ1n) is 9.54. The summed E-state index contributed by atoms with van der Waals surface area (Å²) in [7, 11) is 3.19. The van der Waals surface area contributed by atoms with Crippen LogP contribution in [0.3, 0.4) is 0 Å². The molecule has 0 atom stereocenters. The molecule has 1 heterocycles. The number of nitrogens with two attached hydrogens (primary N) is 1. The van der Waals surface area contributed by atoms with Crippen LogP contribution in [0.2, 0.25) is 0 Å². The standard InChI is InChI=1S/C21H30N4O3/c1-6-15-7-9-16(10-8-15)12-23(4)13-17(26)18-19(22)25(11-14(2)3)21(28)24(5)20(18)27/h7-10,14H,6,11-13,22H2,1-5H3. The van der Waals surface area contributed by atoms with E-state index in [1.165, 1.54) is 17.2 Å². The largest absolute Gasteiger partial charge is 0.384 e. The quantitative estimate of drug-likeness (QED) is 0.697. The number of carbonyl (C=O) groups excluding carboxylic acids is 1. The van der Waals surface area contributed by atoms with Crippen LogP contribution in [-0.4, -0.2) is 33.4 Å². The van der Waals surface area contributed by atoms with Gasteiger partial charge in [-0.15, -0.1) is 0 Å². The maximum atomic E-state index is 12.8. The maximum Gasteiger partial charge on any atom is 0.332 e. The summed E-state index contributed by atoms with van der Waals surface area (Å²) in [6.07, 6.45) is 0.975. The van der Waals surface area contributed by atoms with Gasteiger partial charge in [0, 0.05) is 20.1 Å². The van der Waals surface area contributed by atoms with E-state index in [0.717, 1.165) is 16.6 Å². The molecule has 28 heavy (non-hydrogen) atoms. The van der Waals surface area contributed by atoms with Crippen LogP contribution in [0.5, 0.6) is 0 Å². The van der Waals surface area contributed by atoms with Crippen LogP contribution in [0.15, 0.2) is 33.9 Å². The first-order valence-corrected chi connectivity index (χ1v) is 9.54. The van der Waals surface area contributed by atoms with Gasteiger partial charge >= 0.3 is 5.69 Å². The van der Waals surface area contributed by atoms with E-state index in [1.54, 1.807) is 0 Å². The van der Waals surface area contributed by atoms with E-state index in [4.69, 9.17) is 5.73 Å². The molecule has 0 spiro atoms. The molecule has 0 bridgehead atoms. The molecule has 0 aliphatic heterocycles. The van der Waals surface area contributed by atoms with Crippen molar-refractivity contribution < 1.29 is 4.79 Å². The molecule has 1 aromatic heterocycles. The van der Waals surface area contributed by atoms with Crippen LogP contribution in [0.25, 0.3) is 0 Å². The molecule has 0 fully saturated rings. The van der Waals surface area contributed by atoms with Crippen LogP contribution in [0.1, 0.15) is 42.3 Å². The number of anilines is 1. The third-order valence-electron chi connectivity index (χ3n) is 4.71. The van der Waals surface area contributed by atoms with Crippen molar-refractivity contribution in [3.8, 4) is 0 Å². The van der Waals surface area contributed by atoms with E-state index < -0.39 is 11.2 Å². The Morgan fingerprint density at radius 1 is 1.14 bits per heavy atom. The van der Waals surface area contributed by atoms with Crippen LogP contribution in [0.4, 0.5) is 5.82 Å². The summed E-state index contributed by atoms with van der Waals surface area (Å²) in [5, 5.41) is 0. The summed E-state index contributed by atoms with van der Waals surface area (Å²) in [6.45, 7) is 6.94. The Balaban J connectivity index is 2.26. The highest BCUT2D eigenvalue weighted by atomic mass is 16.2. The molecule has 2 rings (SSSR count). The number of ketones is 1. The lowest BCUT2D eigenvalue weighted by Gasteiger charge is -2.19. The SMILES string of the molecule is CCc1ccc(CN(C)CC(=O)c2c(N)n(CC(C)C)c(=O)n(C)c2=O)cc1. The predicted molar refractivity (Wildman–Crippen MR) is 112 cm³/mol. The second kappa shape index (κ2) is 9.01. The molecule has 2 N–H and O–H groups in total. The van der Waals surface area contributed by atoms with E-state index in [9.17, 15) is 14.4 Å². The first-order chi connectivity index (χ1) is 13.1. The number of hydrogen-bond donors (Lipinski definition) is 1. The lowest BCUT2D eigenvalue weighted by Crippen LogP contribution is -2.44. The fraction of sp³-hybridized carbons (Fsp3) is 0.476. The van der Waals surface area contributed by atoms with Gasteiger partial charge in [-0.2, -0.15) is 0 Å². The van der Waals surface area contributed by atoms with Gasteiger partial charge in [-0.25, -0.2) is 4.79 Å². The molecule has 152 valence electrons. The van der Waals surface area contributed by atoms with Crippen LogP contribution >= 0.6 is 0 Å². The summed E-state index contributed by atoms with van der Waals surface area (Å²) in [5.74, 6) is -0.287. The number of nitrogen functional groups attached to an aromatic ring is 1. The summed E-state index contributed by atoms with van der Waals surface area (Å²) in [5.41, 5.74) is 7.15. The molecule has 0 aliphatic rings. The summed E-state index contributed by atoms with van der Waals surface area (Å²) >= 11 is 0. The lowest BCUT2D eigenvalue weighted by molar-refractivity contribution is 0.0941. The fourth-order valence-corrected chi connectivity index (χ4v) is 3.16. The molecule has 0 radical (unpaired) electrons. The van der Waals surface area contributed by atoms with Crippen molar-refractivity contribution in [2.75, 3.05) is 19.3 Å². The monoisotopic (exact) mass is 386 g/mol. The topological polar surface area (TPSA) is 90.3 Å². The number of rotatable bonds is 8. The molecule has 0 saturated heterocycles. The molecule has 2 aromatic rings. The van der Waals surface area contributed by atoms with E-state index in [0.29, 0.717) is 13.1 Å². The predicted octanol–water partition coefficient (Wildman–Crippen LogP) is 1.66. The summed E-state index contributed by atoms with van der Waals surface area (Å²) in [4.78, 5) is 39.6. The minimum absolute atomic E-state index is 0.0366. The van der Waals surface area contributed by atoms with Crippen molar-refractivity contribution in [2.24, 2.45) is 13.0 Å². The minimum atomic E-state index is -0.645. The Morgan fingerprint density at radius 3 is 2.25 bits per heavy atom. The van der Waals surface area contributed by atoms with Crippen LogP contribution < -0.4 is 17.0 Å². The average molecular weight is 386 g/mol. The van der Waals surface area contributed by atoms with E-state index >= 15 is 0 Å². The summed E-state index contributed by atoms with van der Waals surface area (Å²) < 4.78 is 2.26. The number of likely N-dealkylation sites (N-methyl/N-ethyl adjacent to an activating group) is 1. The number of Topliss-reactive ketones (excluding diaryl/α,β-unsaturated/α-hetero) is 1. The van der Waals surface area contributed by atoms with E-state index in [2.05, 4.69) is 19.1 Å². The molecular formula is C21H30N4O3. The molecule has 7 nitrogen and oxygen atoms in total. The van der Waals surface area contributed by atoms with E-state index in [-0.39, 0.29) is 29.6 Å². The van der Waals surface area contributed by atoms with Crippen molar-refractivity contribution in [1.29, 1.82) is 0 Å². The smallest absolute Gasteiger partial charge is 0.332 e. The molecule has 0 unspecified atom stereocenters. The molecule has 1 aromatic carbocycles. The Hall–Kier alpha value is -2.67. The van der Waals surface area contributed by atoms with Gasteiger partial charge in [0.15, 0.2) is 5.78 Å². The third-order valence-corrected chi connectivity index (χ3v) is 4.71. The van der Waals surface area contributed by atoms with Crippen molar-refractivity contribution in [1.82, 2.24) is 14.0 Å². The Kier molecular flexibility index (Phi) is 6.96. The lowest BCUT2D eigenvalue weighted by atomic mass is 10.1. The Labute approximate surface area is 165 Å². The van der Waals surface area contributed by atoms with Gasteiger partial charge in [-0.05, 0) is 30.5 Å². The number of aromatic nitrogens is 2. The van der Waals surface area contributed by atoms with Gasteiger partial charge in [0.1, 0.15) is 11.4 Å². The highest BCUT2D eigenvalue weighted by Gasteiger charge is 2.22. The zero-order chi connectivity index (χ0) is 21.0. The number of hydrogen-bond acceptors (Lipinski definition) is 5. The highest BCUT2D eigenvalue weighted by Crippen LogP contribution is 2.11. The molecule has 7 heteroatoms. The van der Waals surface area contributed by atoms with Gasteiger partial charge in [-0.1, -0.05) is 45.0 Å². The Bertz CT molecular complexity index is 955. The third kappa shape index (κ3) is 4.78. The van der Waals surface area contributed by atoms with Crippen molar-refractivity contribution in [3.63, 3.8) is 0 Å². The van der Waals surface area contributed by atoms with Crippen molar-refractivity contribution >= 4 is 11.6 Å². The first kappa shape index (κ1) is 21.6. The minimum Gasteiger partial charge on any atom is -0.384 e. The molecule has 0 saturated carbocycles.